The summed E-state index contributed by atoms with van der Waals surface area (Å²) < 4.78 is 53.6. The van der Waals surface area contributed by atoms with E-state index in [1.807, 2.05) is 0 Å². The molecule has 1 aliphatic rings. The van der Waals surface area contributed by atoms with Gasteiger partial charge in [-0.3, -0.25) is 4.72 Å². The standard InChI is InChI=1S/C24H29ClFN7O5S/c1-14(29-24(34)37-2)12-28-23-27-8-7-18(30-23)17-13-33(20-6-4-5-9-38-20)31-22(17)16-10-15(25)11-19(21(16)26)32-39(3,35)36/h7-8,10-11,13-14,20,32H,4-6,9,12H2,1-3H3,(H,29,34)(H,27,28,30)/t14?,20-/m0/s1. The summed E-state index contributed by atoms with van der Waals surface area (Å²) in [5.74, 6) is -0.569. The first-order valence-electron chi connectivity index (χ1n) is 12.1. The molecule has 210 valence electrons. The first-order chi connectivity index (χ1) is 18.5. The highest BCUT2D eigenvalue weighted by Crippen LogP contribution is 2.38. The fourth-order valence-corrected chi connectivity index (χ4v) is 4.81. The molecule has 4 rings (SSSR count). The quantitative estimate of drug-likeness (QED) is 0.340. The van der Waals surface area contributed by atoms with Gasteiger partial charge in [-0.05, 0) is 44.4 Å². The lowest BCUT2D eigenvalue weighted by Crippen LogP contribution is -2.37. The van der Waals surface area contributed by atoms with Gasteiger partial charge in [0.05, 0.1) is 24.7 Å². The van der Waals surface area contributed by atoms with E-state index in [9.17, 15) is 13.2 Å². The van der Waals surface area contributed by atoms with E-state index in [2.05, 4.69) is 35.2 Å². The van der Waals surface area contributed by atoms with Crippen molar-refractivity contribution in [3.8, 4) is 22.5 Å². The van der Waals surface area contributed by atoms with Crippen LogP contribution in [-0.4, -0.2) is 66.8 Å². The molecule has 1 aromatic carbocycles. The molecule has 1 saturated heterocycles. The largest absolute Gasteiger partial charge is 0.453 e. The lowest BCUT2D eigenvalue weighted by molar-refractivity contribution is -0.0393. The zero-order valence-corrected chi connectivity index (χ0v) is 23.1. The summed E-state index contributed by atoms with van der Waals surface area (Å²) >= 11 is 6.26. The van der Waals surface area contributed by atoms with E-state index in [-0.39, 0.29) is 40.2 Å². The number of ether oxygens (including phenoxy) is 2. The average Bonchev–Trinajstić information content (AvgIpc) is 3.34. The van der Waals surface area contributed by atoms with E-state index in [1.54, 1.807) is 23.9 Å². The highest BCUT2D eigenvalue weighted by Gasteiger charge is 2.25. The Balaban J connectivity index is 1.74. The van der Waals surface area contributed by atoms with Crippen LogP contribution in [0.5, 0.6) is 0 Å². The number of methoxy groups -OCH3 is 1. The van der Waals surface area contributed by atoms with E-state index in [1.165, 1.54) is 25.4 Å². The second-order valence-corrected chi connectivity index (χ2v) is 11.2. The minimum Gasteiger partial charge on any atom is -0.453 e. The van der Waals surface area contributed by atoms with E-state index < -0.39 is 21.9 Å². The Hall–Kier alpha value is -3.49. The van der Waals surface area contributed by atoms with Crippen molar-refractivity contribution in [2.45, 2.75) is 38.5 Å². The van der Waals surface area contributed by atoms with Crippen molar-refractivity contribution < 1.29 is 27.1 Å². The highest BCUT2D eigenvalue weighted by molar-refractivity contribution is 7.92. The van der Waals surface area contributed by atoms with Crippen molar-refractivity contribution in [2.75, 3.05) is 36.6 Å². The Labute approximate surface area is 230 Å². The summed E-state index contributed by atoms with van der Waals surface area (Å²) in [6, 6.07) is 3.93. The number of nitrogens with one attached hydrogen (secondary N) is 3. The third kappa shape index (κ3) is 7.34. The molecule has 1 aliphatic heterocycles. The molecule has 1 unspecified atom stereocenters. The van der Waals surface area contributed by atoms with Crippen LogP contribution in [0, 0.1) is 5.82 Å². The molecule has 39 heavy (non-hydrogen) atoms. The van der Waals surface area contributed by atoms with Crippen molar-refractivity contribution in [2.24, 2.45) is 0 Å². The number of hydrogen-bond acceptors (Lipinski definition) is 9. The molecule has 3 N–H and O–H groups in total. The number of rotatable bonds is 9. The molecule has 1 amide bonds. The van der Waals surface area contributed by atoms with Crippen LogP contribution in [0.4, 0.5) is 20.8 Å². The number of halogens is 2. The molecule has 0 bridgehead atoms. The van der Waals surface area contributed by atoms with Gasteiger partial charge in [0.15, 0.2) is 5.82 Å². The van der Waals surface area contributed by atoms with Crippen molar-refractivity contribution in [3.63, 3.8) is 0 Å². The molecule has 2 aromatic heterocycles. The molecular weight excluding hydrogens is 553 g/mol. The minimum atomic E-state index is -3.78. The van der Waals surface area contributed by atoms with Crippen LogP contribution in [0.2, 0.25) is 5.02 Å². The average molecular weight is 582 g/mol. The predicted molar refractivity (Wildman–Crippen MR) is 144 cm³/mol. The van der Waals surface area contributed by atoms with Gasteiger partial charge in [-0.2, -0.15) is 5.10 Å². The van der Waals surface area contributed by atoms with Gasteiger partial charge >= 0.3 is 6.09 Å². The van der Waals surface area contributed by atoms with E-state index in [0.717, 1.165) is 25.5 Å². The second-order valence-electron chi connectivity index (χ2n) is 9.07. The summed E-state index contributed by atoms with van der Waals surface area (Å²) in [6.45, 7) is 2.66. The van der Waals surface area contributed by atoms with Gasteiger partial charge in [-0.1, -0.05) is 11.6 Å². The second kappa shape index (κ2) is 12.1. The Bertz CT molecular complexity index is 1450. The summed E-state index contributed by atoms with van der Waals surface area (Å²) in [4.78, 5) is 20.2. The van der Waals surface area contributed by atoms with Crippen LogP contribution in [0.1, 0.15) is 32.4 Å². The van der Waals surface area contributed by atoms with E-state index in [4.69, 9.17) is 16.3 Å². The van der Waals surface area contributed by atoms with Crippen molar-refractivity contribution in [1.82, 2.24) is 25.1 Å². The van der Waals surface area contributed by atoms with Gasteiger partial charge in [-0.15, -0.1) is 0 Å². The van der Waals surface area contributed by atoms with Crippen LogP contribution < -0.4 is 15.4 Å². The lowest BCUT2D eigenvalue weighted by atomic mass is 10.0. The summed E-state index contributed by atoms with van der Waals surface area (Å²) in [5, 5.41) is 10.4. The van der Waals surface area contributed by atoms with Crippen molar-refractivity contribution >= 4 is 39.4 Å². The third-order valence-corrected chi connectivity index (χ3v) is 6.63. The molecule has 12 nitrogen and oxygen atoms in total. The molecule has 0 aliphatic carbocycles. The van der Waals surface area contributed by atoms with Gasteiger partial charge in [-0.25, -0.2) is 32.3 Å². The Morgan fingerprint density at radius 3 is 2.82 bits per heavy atom. The van der Waals surface area contributed by atoms with E-state index >= 15 is 4.39 Å². The van der Waals surface area contributed by atoms with Crippen LogP contribution in [0.25, 0.3) is 22.5 Å². The number of carbonyl (C=O) groups is 1. The third-order valence-electron chi connectivity index (χ3n) is 5.82. The normalized spacial score (nSPS) is 16.4. The maximum absolute atomic E-state index is 15.7. The summed E-state index contributed by atoms with van der Waals surface area (Å²) in [7, 11) is -2.50. The molecule has 0 saturated carbocycles. The molecule has 15 heteroatoms. The number of amides is 1. The molecule has 0 spiro atoms. The number of anilines is 2. The molecule has 1 fully saturated rings. The number of nitrogens with zero attached hydrogens (tertiary/aromatic N) is 4. The van der Waals surface area contributed by atoms with Crippen LogP contribution in [-0.2, 0) is 19.5 Å². The minimum absolute atomic E-state index is 0.0118. The van der Waals surface area contributed by atoms with Gasteiger partial charge in [0, 0.05) is 47.7 Å². The Morgan fingerprint density at radius 1 is 1.33 bits per heavy atom. The smallest absolute Gasteiger partial charge is 0.407 e. The lowest BCUT2D eigenvalue weighted by Gasteiger charge is -2.22. The Kier molecular flexibility index (Phi) is 8.87. The Morgan fingerprint density at radius 2 is 2.13 bits per heavy atom. The molecular formula is C24H29ClFN7O5S. The zero-order chi connectivity index (χ0) is 28.2. The number of hydrogen-bond donors (Lipinski definition) is 3. The number of aromatic nitrogens is 4. The summed E-state index contributed by atoms with van der Waals surface area (Å²) in [5.41, 5.74) is 0.775. The maximum atomic E-state index is 15.7. The SMILES string of the molecule is COC(=O)NC(C)CNc1nccc(-c2cn([C@@H]3CCCCO3)nc2-c2cc(Cl)cc(NS(C)(=O)=O)c2F)n1. The highest BCUT2D eigenvalue weighted by atomic mass is 35.5. The topological polar surface area (TPSA) is 149 Å². The van der Waals surface area contributed by atoms with Gasteiger partial charge in [0.2, 0.25) is 16.0 Å². The van der Waals surface area contributed by atoms with Crippen LogP contribution in [0.3, 0.4) is 0 Å². The maximum Gasteiger partial charge on any atom is 0.407 e. The molecule has 2 atom stereocenters. The fourth-order valence-electron chi connectivity index (χ4n) is 4.04. The molecule has 3 heterocycles. The first kappa shape index (κ1) is 28.5. The van der Waals surface area contributed by atoms with Crippen molar-refractivity contribution in [1.29, 1.82) is 0 Å². The molecule has 3 aromatic rings. The summed E-state index contributed by atoms with van der Waals surface area (Å²) in [6.07, 6.45) is 5.86. The number of alkyl carbamates (subject to hydrolysis) is 1. The fraction of sp³-hybridized carbons (Fsp3) is 0.417. The van der Waals surface area contributed by atoms with Gasteiger partial charge < -0.3 is 20.1 Å². The predicted octanol–water partition coefficient (Wildman–Crippen LogP) is 4.03. The van der Waals surface area contributed by atoms with Crippen LogP contribution >= 0.6 is 11.6 Å². The van der Waals surface area contributed by atoms with Gasteiger partial charge in [0.25, 0.3) is 0 Å². The number of benzene rings is 1. The zero-order valence-electron chi connectivity index (χ0n) is 21.6. The number of carbonyl (C=O) groups excluding carboxylic acids is 1. The monoisotopic (exact) mass is 581 g/mol. The van der Waals surface area contributed by atoms with Crippen LogP contribution in [0.15, 0.2) is 30.6 Å². The first-order valence-corrected chi connectivity index (χ1v) is 14.4. The van der Waals surface area contributed by atoms with Crippen molar-refractivity contribution in [3.05, 3.63) is 41.4 Å². The number of sulfonamides is 1. The molecule has 0 radical (unpaired) electrons. The van der Waals surface area contributed by atoms with Gasteiger partial charge in [0.1, 0.15) is 11.9 Å². The van der Waals surface area contributed by atoms with E-state index in [0.29, 0.717) is 24.4 Å².